The molecule has 1 fully saturated rings. The monoisotopic (exact) mass is 385 g/mol. The van der Waals surface area contributed by atoms with Crippen LogP contribution in [0.1, 0.15) is 16.8 Å². The molecule has 3 heterocycles. The third-order valence-corrected chi connectivity index (χ3v) is 5.90. The maximum atomic E-state index is 4.97. The molecule has 3 aromatic rings. The summed E-state index contributed by atoms with van der Waals surface area (Å²) in [4.78, 5) is 16.9. The first-order valence-electron chi connectivity index (χ1n) is 10.5. The van der Waals surface area contributed by atoms with Gasteiger partial charge in [-0.1, -0.05) is 48.5 Å². The maximum absolute atomic E-state index is 4.97. The number of hydrogen-bond donors (Lipinski definition) is 0. The van der Waals surface area contributed by atoms with Crippen molar-refractivity contribution in [1.82, 2.24) is 14.9 Å². The summed E-state index contributed by atoms with van der Waals surface area (Å²) in [5.41, 5.74) is 5.09. The molecule has 2 aliphatic rings. The second kappa shape index (κ2) is 7.84. The molecular formula is C24H27N5. The maximum Gasteiger partial charge on any atom is 0.227 e. The van der Waals surface area contributed by atoms with Crippen LogP contribution in [-0.2, 0) is 13.0 Å². The van der Waals surface area contributed by atoms with Crippen LogP contribution in [-0.4, -0.2) is 47.6 Å². The highest BCUT2D eigenvalue weighted by Gasteiger charge is 2.24. The van der Waals surface area contributed by atoms with Crippen LogP contribution in [0.25, 0.3) is 0 Å². The fourth-order valence-electron chi connectivity index (χ4n) is 4.34. The molecule has 5 heteroatoms. The molecule has 1 aromatic heterocycles. The molecule has 29 heavy (non-hydrogen) atoms. The van der Waals surface area contributed by atoms with E-state index in [2.05, 4.69) is 82.3 Å². The number of aromatic nitrogens is 2. The summed E-state index contributed by atoms with van der Waals surface area (Å²) in [6, 6.07) is 21.5. The van der Waals surface area contributed by atoms with Crippen molar-refractivity contribution in [2.45, 2.75) is 19.9 Å². The van der Waals surface area contributed by atoms with Crippen molar-refractivity contribution in [1.29, 1.82) is 0 Å². The van der Waals surface area contributed by atoms with Gasteiger partial charge in [0.05, 0.1) is 0 Å². The van der Waals surface area contributed by atoms with Crippen LogP contribution in [0.5, 0.6) is 0 Å². The smallest absolute Gasteiger partial charge is 0.227 e. The molecule has 0 N–H and O–H groups in total. The SMILES string of the molecule is Cc1cc(N2CCc3ccccc32)nc(N2CCN(Cc3ccccc3)CC2)n1. The average molecular weight is 386 g/mol. The average Bonchev–Trinajstić information content (AvgIpc) is 3.19. The Bertz CT molecular complexity index is 980. The highest BCUT2D eigenvalue weighted by molar-refractivity contribution is 5.68. The summed E-state index contributed by atoms with van der Waals surface area (Å²) < 4.78 is 0. The number of benzene rings is 2. The number of nitrogens with zero attached hydrogens (tertiary/aromatic N) is 5. The van der Waals surface area contributed by atoms with Crippen molar-refractivity contribution >= 4 is 17.5 Å². The highest BCUT2D eigenvalue weighted by atomic mass is 15.3. The molecule has 2 aromatic carbocycles. The lowest BCUT2D eigenvalue weighted by Crippen LogP contribution is -2.46. The van der Waals surface area contributed by atoms with Gasteiger partial charge < -0.3 is 9.80 Å². The molecule has 5 rings (SSSR count). The summed E-state index contributed by atoms with van der Waals surface area (Å²) in [6.45, 7) is 8.07. The first kappa shape index (κ1) is 18.1. The van der Waals surface area contributed by atoms with Gasteiger partial charge in [0.2, 0.25) is 5.95 Å². The van der Waals surface area contributed by atoms with Gasteiger partial charge in [-0.2, -0.15) is 4.98 Å². The predicted molar refractivity (Wildman–Crippen MR) is 118 cm³/mol. The Morgan fingerprint density at radius 2 is 1.59 bits per heavy atom. The van der Waals surface area contributed by atoms with E-state index in [4.69, 9.17) is 9.97 Å². The van der Waals surface area contributed by atoms with Crippen LogP contribution in [0, 0.1) is 6.92 Å². The Labute approximate surface area is 172 Å². The van der Waals surface area contributed by atoms with Crippen molar-refractivity contribution < 1.29 is 0 Å². The van der Waals surface area contributed by atoms with Crippen LogP contribution in [0.4, 0.5) is 17.5 Å². The molecule has 0 unspecified atom stereocenters. The number of fused-ring (bicyclic) bond motifs is 1. The molecule has 148 valence electrons. The Balaban J connectivity index is 1.30. The number of hydrogen-bond acceptors (Lipinski definition) is 5. The van der Waals surface area contributed by atoms with Crippen LogP contribution < -0.4 is 9.80 Å². The fourth-order valence-corrected chi connectivity index (χ4v) is 4.34. The zero-order valence-corrected chi connectivity index (χ0v) is 17.0. The summed E-state index contributed by atoms with van der Waals surface area (Å²) >= 11 is 0. The molecule has 2 aliphatic heterocycles. The van der Waals surface area contributed by atoms with E-state index in [1.807, 2.05) is 0 Å². The lowest BCUT2D eigenvalue weighted by Gasteiger charge is -2.35. The first-order chi connectivity index (χ1) is 14.3. The van der Waals surface area contributed by atoms with Crippen LogP contribution in [0.3, 0.4) is 0 Å². The number of para-hydroxylation sites is 1. The summed E-state index contributed by atoms with van der Waals surface area (Å²) in [6.07, 6.45) is 1.08. The minimum atomic E-state index is 0.865. The Hall–Kier alpha value is -2.92. The molecule has 0 spiro atoms. The van der Waals surface area contributed by atoms with E-state index in [9.17, 15) is 0 Å². The van der Waals surface area contributed by atoms with Crippen LogP contribution in [0.2, 0.25) is 0 Å². The van der Waals surface area contributed by atoms with E-state index >= 15 is 0 Å². The Morgan fingerprint density at radius 1 is 0.828 bits per heavy atom. The van der Waals surface area contributed by atoms with E-state index in [0.717, 1.165) is 63.1 Å². The van der Waals surface area contributed by atoms with E-state index in [-0.39, 0.29) is 0 Å². The van der Waals surface area contributed by atoms with Gasteiger partial charge in [-0.3, -0.25) is 4.90 Å². The topological polar surface area (TPSA) is 35.5 Å². The molecule has 0 aliphatic carbocycles. The Kier molecular flexibility index (Phi) is 4.90. The molecule has 0 radical (unpaired) electrons. The first-order valence-corrected chi connectivity index (χ1v) is 10.5. The lowest BCUT2D eigenvalue weighted by atomic mass is 10.2. The minimum absolute atomic E-state index is 0.865. The van der Waals surface area contributed by atoms with Gasteiger partial charge in [-0.15, -0.1) is 0 Å². The largest absolute Gasteiger partial charge is 0.338 e. The zero-order valence-electron chi connectivity index (χ0n) is 17.0. The normalized spacial score (nSPS) is 16.9. The van der Waals surface area contributed by atoms with E-state index < -0.39 is 0 Å². The Morgan fingerprint density at radius 3 is 2.41 bits per heavy atom. The molecule has 5 nitrogen and oxygen atoms in total. The zero-order chi connectivity index (χ0) is 19.6. The van der Waals surface area contributed by atoms with Gasteiger partial charge in [0.25, 0.3) is 0 Å². The second-order valence-electron chi connectivity index (χ2n) is 7.95. The molecule has 0 bridgehead atoms. The van der Waals surface area contributed by atoms with Gasteiger partial charge in [0.1, 0.15) is 5.82 Å². The molecule has 0 atom stereocenters. The molecular weight excluding hydrogens is 358 g/mol. The van der Waals surface area contributed by atoms with Gasteiger partial charge in [0.15, 0.2) is 0 Å². The standard InChI is InChI=1S/C24H27N5/c1-19-17-23(29-12-11-21-9-5-6-10-22(21)29)26-24(25-19)28-15-13-27(14-16-28)18-20-7-3-2-4-8-20/h2-10,17H,11-16,18H2,1H3. The molecule has 0 amide bonds. The fraction of sp³-hybridized carbons (Fsp3) is 0.333. The number of piperazine rings is 1. The third kappa shape index (κ3) is 3.83. The summed E-state index contributed by atoms with van der Waals surface area (Å²) in [7, 11) is 0. The van der Waals surface area contributed by atoms with E-state index in [1.54, 1.807) is 0 Å². The number of anilines is 3. The van der Waals surface area contributed by atoms with E-state index in [1.165, 1.54) is 16.8 Å². The van der Waals surface area contributed by atoms with Crippen molar-refractivity contribution in [3.63, 3.8) is 0 Å². The minimum Gasteiger partial charge on any atom is -0.338 e. The third-order valence-electron chi connectivity index (χ3n) is 5.90. The molecule has 0 saturated carbocycles. The second-order valence-corrected chi connectivity index (χ2v) is 7.95. The van der Waals surface area contributed by atoms with Gasteiger partial charge in [-0.05, 0) is 30.5 Å². The van der Waals surface area contributed by atoms with Crippen molar-refractivity contribution in [3.8, 4) is 0 Å². The van der Waals surface area contributed by atoms with Gasteiger partial charge in [-0.25, -0.2) is 4.98 Å². The quantitative estimate of drug-likeness (QED) is 0.683. The van der Waals surface area contributed by atoms with Crippen molar-refractivity contribution in [2.24, 2.45) is 0 Å². The highest BCUT2D eigenvalue weighted by Crippen LogP contribution is 2.34. The van der Waals surface area contributed by atoms with Crippen molar-refractivity contribution in [2.75, 3.05) is 42.5 Å². The predicted octanol–water partition coefficient (Wildman–Crippen LogP) is 3.80. The summed E-state index contributed by atoms with van der Waals surface area (Å²) in [5, 5.41) is 0. The van der Waals surface area contributed by atoms with Crippen LogP contribution in [0.15, 0.2) is 60.7 Å². The number of aryl methyl sites for hydroxylation is 1. The molecule has 1 saturated heterocycles. The van der Waals surface area contributed by atoms with E-state index in [0.29, 0.717) is 0 Å². The van der Waals surface area contributed by atoms with Gasteiger partial charge >= 0.3 is 0 Å². The lowest BCUT2D eigenvalue weighted by molar-refractivity contribution is 0.248. The van der Waals surface area contributed by atoms with Crippen LogP contribution >= 0.6 is 0 Å². The summed E-state index contributed by atoms with van der Waals surface area (Å²) in [5.74, 6) is 1.88. The number of rotatable bonds is 4. The van der Waals surface area contributed by atoms with Crippen molar-refractivity contribution in [3.05, 3.63) is 77.5 Å². The van der Waals surface area contributed by atoms with Gasteiger partial charge in [0, 0.05) is 56.7 Å².